The summed E-state index contributed by atoms with van der Waals surface area (Å²) < 4.78 is 11.4. The van der Waals surface area contributed by atoms with Gasteiger partial charge in [-0.15, -0.1) is 0 Å². The third kappa shape index (κ3) is 1.40. The standard InChI is InChI=1S/C15H10N2O2/c1-9-13-12(3-2-6-17-13)19-14(9)10-4-7-16-11-5-8-18-15(10)11/h2-8H,1H3. The van der Waals surface area contributed by atoms with E-state index >= 15 is 0 Å². The maximum atomic E-state index is 5.91. The lowest BCUT2D eigenvalue weighted by molar-refractivity contribution is 0.605. The SMILES string of the molecule is Cc1c(-c2ccnc3ccoc23)oc2cccnc12. The van der Waals surface area contributed by atoms with Crippen LogP contribution in [-0.2, 0) is 0 Å². The minimum Gasteiger partial charge on any atom is -0.462 e. The average molecular weight is 250 g/mol. The first-order valence-corrected chi connectivity index (χ1v) is 6.01. The molecule has 92 valence electrons. The van der Waals surface area contributed by atoms with Gasteiger partial charge in [-0.2, -0.15) is 0 Å². The van der Waals surface area contributed by atoms with Gasteiger partial charge < -0.3 is 8.83 Å². The summed E-state index contributed by atoms with van der Waals surface area (Å²) in [7, 11) is 0. The fourth-order valence-electron chi connectivity index (χ4n) is 2.36. The van der Waals surface area contributed by atoms with E-state index in [2.05, 4.69) is 9.97 Å². The van der Waals surface area contributed by atoms with Crippen molar-refractivity contribution in [2.45, 2.75) is 6.92 Å². The van der Waals surface area contributed by atoms with Crippen molar-refractivity contribution < 1.29 is 8.83 Å². The van der Waals surface area contributed by atoms with Crippen LogP contribution >= 0.6 is 0 Å². The molecular weight excluding hydrogens is 240 g/mol. The highest BCUT2D eigenvalue weighted by molar-refractivity contribution is 5.93. The van der Waals surface area contributed by atoms with Crippen molar-refractivity contribution in [3.63, 3.8) is 0 Å². The summed E-state index contributed by atoms with van der Waals surface area (Å²) in [4.78, 5) is 8.61. The quantitative estimate of drug-likeness (QED) is 0.513. The van der Waals surface area contributed by atoms with Gasteiger partial charge in [-0.3, -0.25) is 9.97 Å². The highest BCUT2D eigenvalue weighted by Crippen LogP contribution is 2.35. The van der Waals surface area contributed by atoms with Crippen molar-refractivity contribution in [1.29, 1.82) is 0 Å². The summed E-state index contributed by atoms with van der Waals surface area (Å²) >= 11 is 0. The Bertz CT molecular complexity index is 889. The molecule has 0 fully saturated rings. The number of hydrogen-bond donors (Lipinski definition) is 0. The molecule has 0 saturated heterocycles. The van der Waals surface area contributed by atoms with E-state index in [1.54, 1.807) is 18.7 Å². The van der Waals surface area contributed by atoms with Crippen molar-refractivity contribution in [3.05, 3.63) is 48.5 Å². The fraction of sp³-hybridized carbons (Fsp3) is 0.0667. The van der Waals surface area contributed by atoms with Crippen LogP contribution in [0.15, 0.2) is 51.8 Å². The molecule has 4 rings (SSSR count). The Morgan fingerprint density at radius 2 is 2.00 bits per heavy atom. The molecule has 0 radical (unpaired) electrons. The zero-order valence-electron chi connectivity index (χ0n) is 10.3. The third-order valence-corrected chi connectivity index (χ3v) is 3.27. The van der Waals surface area contributed by atoms with E-state index in [4.69, 9.17) is 8.83 Å². The zero-order valence-corrected chi connectivity index (χ0v) is 10.3. The molecule has 0 spiro atoms. The minimum atomic E-state index is 0.740. The molecular formula is C15H10N2O2. The maximum absolute atomic E-state index is 5.91. The smallest absolute Gasteiger partial charge is 0.163 e. The molecule has 0 aromatic carbocycles. The van der Waals surface area contributed by atoms with Crippen molar-refractivity contribution >= 4 is 22.2 Å². The summed E-state index contributed by atoms with van der Waals surface area (Å²) in [5, 5.41) is 0. The lowest BCUT2D eigenvalue weighted by Gasteiger charge is -1.99. The van der Waals surface area contributed by atoms with Gasteiger partial charge in [-0.05, 0) is 25.1 Å². The monoisotopic (exact) mass is 250 g/mol. The predicted molar refractivity (Wildman–Crippen MR) is 71.7 cm³/mol. The van der Waals surface area contributed by atoms with Crippen LogP contribution in [0.25, 0.3) is 33.5 Å². The van der Waals surface area contributed by atoms with Gasteiger partial charge in [-0.1, -0.05) is 0 Å². The molecule has 0 N–H and O–H groups in total. The topological polar surface area (TPSA) is 52.1 Å². The van der Waals surface area contributed by atoms with Gasteiger partial charge >= 0.3 is 0 Å². The molecule has 4 heteroatoms. The number of rotatable bonds is 1. The zero-order chi connectivity index (χ0) is 12.8. The molecule has 4 aromatic heterocycles. The molecule has 0 aliphatic rings. The van der Waals surface area contributed by atoms with Crippen LogP contribution in [0.5, 0.6) is 0 Å². The molecule has 0 bridgehead atoms. The minimum absolute atomic E-state index is 0.740. The number of aryl methyl sites for hydroxylation is 1. The summed E-state index contributed by atoms with van der Waals surface area (Å²) in [5.74, 6) is 0.788. The van der Waals surface area contributed by atoms with Gasteiger partial charge in [0.25, 0.3) is 0 Å². The van der Waals surface area contributed by atoms with Crippen molar-refractivity contribution in [3.8, 4) is 11.3 Å². The normalized spacial score (nSPS) is 11.4. The highest BCUT2D eigenvalue weighted by atomic mass is 16.3. The number of aromatic nitrogens is 2. The Morgan fingerprint density at radius 3 is 2.89 bits per heavy atom. The van der Waals surface area contributed by atoms with Crippen LogP contribution in [0.1, 0.15) is 5.56 Å². The summed E-state index contributed by atoms with van der Waals surface area (Å²) in [6.45, 7) is 2.00. The van der Waals surface area contributed by atoms with E-state index in [0.29, 0.717) is 0 Å². The number of pyridine rings is 2. The second kappa shape index (κ2) is 3.68. The van der Waals surface area contributed by atoms with E-state index in [1.807, 2.05) is 31.2 Å². The molecule has 0 amide bonds. The molecule has 4 aromatic rings. The van der Waals surface area contributed by atoms with Crippen LogP contribution < -0.4 is 0 Å². The molecule has 19 heavy (non-hydrogen) atoms. The first-order chi connectivity index (χ1) is 9.34. The second-order valence-electron chi connectivity index (χ2n) is 4.40. The Labute approximate surface area is 108 Å². The van der Waals surface area contributed by atoms with Crippen molar-refractivity contribution in [2.75, 3.05) is 0 Å². The summed E-state index contributed by atoms with van der Waals surface area (Å²) in [6.07, 6.45) is 5.16. The van der Waals surface area contributed by atoms with Gasteiger partial charge in [0.1, 0.15) is 16.8 Å². The van der Waals surface area contributed by atoms with Gasteiger partial charge in [0, 0.05) is 24.0 Å². The van der Waals surface area contributed by atoms with E-state index in [0.717, 1.165) is 39.1 Å². The molecule has 4 heterocycles. The Balaban J connectivity index is 2.09. The van der Waals surface area contributed by atoms with E-state index in [-0.39, 0.29) is 0 Å². The van der Waals surface area contributed by atoms with Gasteiger partial charge in [0.05, 0.1) is 11.8 Å². The van der Waals surface area contributed by atoms with Crippen LogP contribution in [0, 0.1) is 6.92 Å². The van der Waals surface area contributed by atoms with Gasteiger partial charge in [0.2, 0.25) is 0 Å². The van der Waals surface area contributed by atoms with Crippen LogP contribution in [-0.4, -0.2) is 9.97 Å². The molecule has 0 aliphatic heterocycles. The Kier molecular flexibility index (Phi) is 2.00. The molecule has 0 aliphatic carbocycles. The van der Waals surface area contributed by atoms with E-state index < -0.39 is 0 Å². The Hall–Kier alpha value is -2.62. The predicted octanol–water partition coefficient (Wildman–Crippen LogP) is 3.94. The van der Waals surface area contributed by atoms with Crippen LogP contribution in [0.2, 0.25) is 0 Å². The number of fused-ring (bicyclic) bond motifs is 2. The van der Waals surface area contributed by atoms with E-state index in [9.17, 15) is 0 Å². The van der Waals surface area contributed by atoms with Crippen LogP contribution in [0.4, 0.5) is 0 Å². The maximum Gasteiger partial charge on any atom is 0.163 e. The first-order valence-electron chi connectivity index (χ1n) is 6.01. The molecule has 0 atom stereocenters. The average Bonchev–Trinajstić information content (AvgIpc) is 3.04. The lowest BCUT2D eigenvalue weighted by Crippen LogP contribution is -1.81. The molecule has 0 unspecified atom stereocenters. The van der Waals surface area contributed by atoms with Gasteiger partial charge in [0.15, 0.2) is 11.2 Å². The number of nitrogens with zero attached hydrogens (tertiary/aromatic N) is 2. The van der Waals surface area contributed by atoms with Crippen molar-refractivity contribution in [2.24, 2.45) is 0 Å². The molecule has 4 nitrogen and oxygen atoms in total. The lowest BCUT2D eigenvalue weighted by atomic mass is 10.1. The summed E-state index contributed by atoms with van der Waals surface area (Å²) in [5.41, 5.74) is 5.15. The second-order valence-corrected chi connectivity index (χ2v) is 4.40. The van der Waals surface area contributed by atoms with Gasteiger partial charge in [-0.25, -0.2) is 0 Å². The van der Waals surface area contributed by atoms with E-state index in [1.165, 1.54) is 0 Å². The highest BCUT2D eigenvalue weighted by Gasteiger charge is 2.17. The number of hydrogen-bond acceptors (Lipinski definition) is 4. The third-order valence-electron chi connectivity index (χ3n) is 3.27. The fourth-order valence-corrected chi connectivity index (χ4v) is 2.36. The Morgan fingerprint density at radius 1 is 1.05 bits per heavy atom. The largest absolute Gasteiger partial charge is 0.462 e. The van der Waals surface area contributed by atoms with Crippen LogP contribution in [0.3, 0.4) is 0 Å². The first kappa shape index (κ1) is 10.3. The number of furan rings is 2. The van der Waals surface area contributed by atoms with Crippen molar-refractivity contribution in [1.82, 2.24) is 9.97 Å². The molecule has 0 saturated carbocycles. The summed E-state index contributed by atoms with van der Waals surface area (Å²) in [6, 6.07) is 7.52.